The molecule has 1 fully saturated rings. The van der Waals surface area contributed by atoms with Crippen LogP contribution in [0, 0.1) is 12.7 Å². The summed E-state index contributed by atoms with van der Waals surface area (Å²) in [5.74, 6) is -0.720. The van der Waals surface area contributed by atoms with Gasteiger partial charge in [0.05, 0.1) is 28.3 Å². The number of pyridine rings is 1. The van der Waals surface area contributed by atoms with Crippen LogP contribution in [-0.2, 0) is 14.8 Å². The Morgan fingerprint density at radius 3 is 2.74 bits per heavy atom. The first-order valence-corrected chi connectivity index (χ1v) is 11.2. The highest BCUT2D eigenvalue weighted by Gasteiger charge is 2.33. The number of nitrogens with one attached hydrogen (secondary N) is 1. The Morgan fingerprint density at radius 1 is 1.23 bits per heavy atom. The summed E-state index contributed by atoms with van der Waals surface area (Å²) in [6.45, 7) is 1.91. The SMILES string of the molecule is CNC(=O)c1cc([C@@H]2CN(S(=O)(=O)c3ccc(F)c(C)c3)CCO2)nc2ccccc12. The van der Waals surface area contributed by atoms with E-state index >= 15 is 0 Å². The summed E-state index contributed by atoms with van der Waals surface area (Å²) in [6.07, 6.45) is -0.641. The number of ether oxygens (including phenoxy) is 1. The summed E-state index contributed by atoms with van der Waals surface area (Å²) in [6, 6.07) is 12.6. The molecule has 0 spiro atoms. The number of para-hydroxylation sites is 1. The lowest BCUT2D eigenvalue weighted by atomic mass is 10.0. The molecule has 0 bridgehead atoms. The minimum Gasteiger partial charge on any atom is -0.369 e. The number of rotatable bonds is 4. The number of amides is 1. The van der Waals surface area contributed by atoms with Crippen molar-refractivity contribution in [3.63, 3.8) is 0 Å². The van der Waals surface area contributed by atoms with E-state index in [-0.39, 0.29) is 36.1 Å². The maximum Gasteiger partial charge on any atom is 0.251 e. The fourth-order valence-corrected chi connectivity index (χ4v) is 5.14. The van der Waals surface area contributed by atoms with E-state index < -0.39 is 21.9 Å². The third-order valence-corrected chi connectivity index (χ3v) is 7.20. The van der Waals surface area contributed by atoms with Crippen molar-refractivity contribution < 1.29 is 22.3 Å². The fourth-order valence-electron chi connectivity index (χ4n) is 3.63. The maximum absolute atomic E-state index is 13.6. The summed E-state index contributed by atoms with van der Waals surface area (Å²) in [5.41, 5.74) is 1.81. The molecule has 2 heterocycles. The molecule has 1 atom stereocenters. The topological polar surface area (TPSA) is 88.6 Å². The molecule has 1 N–H and O–H groups in total. The van der Waals surface area contributed by atoms with Crippen LogP contribution >= 0.6 is 0 Å². The van der Waals surface area contributed by atoms with Gasteiger partial charge in [-0.25, -0.2) is 17.8 Å². The zero-order valence-electron chi connectivity index (χ0n) is 17.1. The zero-order valence-corrected chi connectivity index (χ0v) is 17.9. The van der Waals surface area contributed by atoms with Crippen LogP contribution in [-0.4, -0.2) is 50.4 Å². The molecule has 162 valence electrons. The summed E-state index contributed by atoms with van der Waals surface area (Å²) < 4.78 is 47.0. The predicted molar refractivity (Wildman–Crippen MR) is 114 cm³/mol. The molecule has 0 unspecified atom stereocenters. The quantitative estimate of drug-likeness (QED) is 0.670. The third kappa shape index (κ3) is 4.04. The molecule has 1 aromatic heterocycles. The number of nitrogens with zero attached hydrogens (tertiary/aromatic N) is 2. The second-order valence-corrected chi connectivity index (χ2v) is 9.26. The number of carbonyl (C=O) groups is 1. The molecule has 1 aliphatic heterocycles. The Morgan fingerprint density at radius 2 is 2.00 bits per heavy atom. The highest BCUT2D eigenvalue weighted by molar-refractivity contribution is 7.89. The van der Waals surface area contributed by atoms with Gasteiger partial charge in [-0.05, 0) is 42.8 Å². The van der Waals surface area contributed by atoms with E-state index in [2.05, 4.69) is 10.3 Å². The summed E-state index contributed by atoms with van der Waals surface area (Å²) in [5, 5.41) is 3.32. The van der Waals surface area contributed by atoms with Crippen LogP contribution in [0.15, 0.2) is 53.4 Å². The fraction of sp³-hybridized carbons (Fsp3) is 0.273. The number of aryl methyl sites for hydroxylation is 1. The lowest BCUT2D eigenvalue weighted by molar-refractivity contribution is -0.00479. The monoisotopic (exact) mass is 443 g/mol. The van der Waals surface area contributed by atoms with Crippen LogP contribution in [0.4, 0.5) is 4.39 Å². The number of hydrogen-bond donors (Lipinski definition) is 1. The van der Waals surface area contributed by atoms with E-state index in [9.17, 15) is 17.6 Å². The zero-order chi connectivity index (χ0) is 22.2. The van der Waals surface area contributed by atoms with E-state index in [0.29, 0.717) is 22.2 Å². The first-order valence-electron chi connectivity index (χ1n) is 9.81. The number of benzene rings is 2. The van der Waals surface area contributed by atoms with Crippen molar-refractivity contribution in [3.8, 4) is 0 Å². The molecule has 0 radical (unpaired) electrons. The number of carbonyl (C=O) groups excluding carboxylic acids is 1. The van der Waals surface area contributed by atoms with Gasteiger partial charge in [-0.2, -0.15) is 4.31 Å². The normalized spacial score (nSPS) is 17.6. The molecule has 1 amide bonds. The Balaban J connectivity index is 1.69. The maximum atomic E-state index is 13.6. The highest BCUT2D eigenvalue weighted by Crippen LogP contribution is 2.29. The Kier molecular flexibility index (Phi) is 5.74. The van der Waals surface area contributed by atoms with Crippen LogP contribution in [0.25, 0.3) is 10.9 Å². The second kappa shape index (κ2) is 8.33. The molecular weight excluding hydrogens is 421 g/mol. The number of aromatic nitrogens is 1. The van der Waals surface area contributed by atoms with E-state index in [1.54, 1.807) is 19.2 Å². The van der Waals surface area contributed by atoms with Crippen LogP contribution in [0.1, 0.15) is 27.7 Å². The largest absolute Gasteiger partial charge is 0.369 e. The lowest BCUT2D eigenvalue weighted by Crippen LogP contribution is -2.42. The Hall–Kier alpha value is -2.88. The molecule has 9 heteroatoms. The molecular formula is C22H22FN3O4S. The third-order valence-electron chi connectivity index (χ3n) is 5.33. The van der Waals surface area contributed by atoms with Gasteiger partial charge in [0.2, 0.25) is 10.0 Å². The lowest BCUT2D eigenvalue weighted by Gasteiger charge is -2.32. The molecule has 1 saturated heterocycles. The van der Waals surface area contributed by atoms with Gasteiger partial charge in [-0.1, -0.05) is 18.2 Å². The molecule has 4 rings (SSSR count). The summed E-state index contributed by atoms with van der Waals surface area (Å²) in [4.78, 5) is 17.1. The van der Waals surface area contributed by atoms with Crippen LogP contribution in [0.2, 0.25) is 0 Å². The van der Waals surface area contributed by atoms with Gasteiger partial charge >= 0.3 is 0 Å². The minimum absolute atomic E-state index is 0.0320. The van der Waals surface area contributed by atoms with Crippen molar-refractivity contribution >= 4 is 26.8 Å². The molecule has 1 aliphatic rings. The number of morpholine rings is 1. The van der Waals surface area contributed by atoms with Crippen LogP contribution in [0.5, 0.6) is 0 Å². The average molecular weight is 444 g/mol. The number of fused-ring (bicyclic) bond motifs is 1. The first kappa shape index (κ1) is 21.4. The van der Waals surface area contributed by atoms with Gasteiger partial charge in [0.1, 0.15) is 11.9 Å². The van der Waals surface area contributed by atoms with Crippen molar-refractivity contribution in [2.45, 2.75) is 17.9 Å². The van der Waals surface area contributed by atoms with Gasteiger partial charge in [-0.3, -0.25) is 4.79 Å². The van der Waals surface area contributed by atoms with Crippen molar-refractivity contribution in [1.82, 2.24) is 14.6 Å². The standard InChI is InChI=1S/C22H22FN3O4S/c1-14-11-15(7-8-18(14)23)31(28,29)26-9-10-30-21(13-26)20-12-17(22(27)24-2)16-5-3-4-6-19(16)25-20/h3-8,11-12,21H,9-10,13H2,1-2H3,(H,24,27)/t21-/m0/s1. The molecule has 0 aliphatic carbocycles. The van der Waals surface area contributed by atoms with Crippen molar-refractivity contribution in [2.24, 2.45) is 0 Å². The van der Waals surface area contributed by atoms with Gasteiger partial charge < -0.3 is 10.1 Å². The molecule has 0 saturated carbocycles. The van der Waals surface area contributed by atoms with E-state index in [1.807, 2.05) is 18.2 Å². The van der Waals surface area contributed by atoms with E-state index in [1.165, 1.54) is 23.4 Å². The highest BCUT2D eigenvalue weighted by atomic mass is 32.2. The van der Waals surface area contributed by atoms with Crippen molar-refractivity contribution in [3.05, 3.63) is 71.2 Å². The second-order valence-electron chi connectivity index (χ2n) is 7.32. The van der Waals surface area contributed by atoms with Gasteiger partial charge in [0.15, 0.2) is 0 Å². The number of sulfonamides is 1. The number of halogens is 1. The smallest absolute Gasteiger partial charge is 0.251 e. The summed E-state index contributed by atoms with van der Waals surface area (Å²) >= 11 is 0. The van der Waals surface area contributed by atoms with Gasteiger partial charge in [-0.15, -0.1) is 0 Å². The molecule has 31 heavy (non-hydrogen) atoms. The van der Waals surface area contributed by atoms with Gasteiger partial charge in [0, 0.05) is 25.5 Å². The van der Waals surface area contributed by atoms with Crippen molar-refractivity contribution in [2.75, 3.05) is 26.7 Å². The Bertz CT molecular complexity index is 1260. The molecule has 3 aromatic rings. The minimum atomic E-state index is -3.84. The van der Waals surface area contributed by atoms with E-state index in [0.717, 1.165) is 6.07 Å². The summed E-state index contributed by atoms with van der Waals surface area (Å²) in [7, 11) is -2.29. The number of hydrogen-bond acceptors (Lipinski definition) is 5. The predicted octanol–water partition coefficient (Wildman–Crippen LogP) is 2.80. The van der Waals surface area contributed by atoms with Crippen LogP contribution < -0.4 is 5.32 Å². The Labute approximate surface area is 179 Å². The van der Waals surface area contributed by atoms with Crippen LogP contribution in [0.3, 0.4) is 0 Å². The molecule has 7 nitrogen and oxygen atoms in total. The average Bonchev–Trinajstić information content (AvgIpc) is 2.79. The first-order chi connectivity index (χ1) is 14.8. The van der Waals surface area contributed by atoms with E-state index in [4.69, 9.17) is 4.74 Å². The van der Waals surface area contributed by atoms with Crippen molar-refractivity contribution in [1.29, 1.82) is 0 Å². The van der Waals surface area contributed by atoms with Gasteiger partial charge in [0.25, 0.3) is 5.91 Å². The molecule has 2 aromatic carbocycles.